The molecule has 2 rings (SSSR count). The number of rotatable bonds is 7. The number of likely N-dealkylation sites (tertiary alicyclic amines) is 1. The molecule has 0 aliphatic carbocycles. The smallest absolute Gasteiger partial charge is 0.253 e. The van der Waals surface area contributed by atoms with Gasteiger partial charge in [0.15, 0.2) is 0 Å². The zero-order valence-electron chi connectivity index (χ0n) is 14.4. The van der Waals surface area contributed by atoms with Crippen LogP contribution in [0.15, 0.2) is 24.3 Å². The first-order valence-electron chi connectivity index (χ1n) is 8.49. The van der Waals surface area contributed by atoms with Crippen molar-refractivity contribution >= 4 is 21.6 Å². The Morgan fingerprint density at radius 3 is 2.38 bits per heavy atom. The van der Waals surface area contributed by atoms with Crippen molar-refractivity contribution in [3.05, 3.63) is 29.8 Å². The molecule has 1 heterocycles. The zero-order chi connectivity index (χ0) is 17.6. The van der Waals surface area contributed by atoms with E-state index in [1.807, 2.05) is 18.9 Å². The van der Waals surface area contributed by atoms with Gasteiger partial charge in [-0.05, 0) is 63.0 Å². The molecule has 1 aliphatic rings. The lowest BCUT2D eigenvalue weighted by Gasteiger charge is -2.32. The molecule has 0 saturated carbocycles. The molecule has 7 heteroatoms. The predicted molar refractivity (Wildman–Crippen MR) is 96.7 cm³/mol. The van der Waals surface area contributed by atoms with E-state index < -0.39 is 10.0 Å². The Balaban J connectivity index is 1.94. The monoisotopic (exact) mass is 353 g/mol. The Hall–Kier alpha value is -1.60. The molecule has 134 valence electrons. The van der Waals surface area contributed by atoms with Gasteiger partial charge in [-0.1, -0.05) is 6.92 Å². The SMILES string of the molecule is CCCS(=O)(=O)Nc1ccc(C(=O)N2CCC(CNC)CC2)cc1. The van der Waals surface area contributed by atoms with Crippen LogP contribution in [0.5, 0.6) is 0 Å². The predicted octanol–water partition coefficient (Wildman–Crippen LogP) is 1.91. The van der Waals surface area contributed by atoms with Crippen LogP contribution in [-0.4, -0.2) is 51.7 Å². The van der Waals surface area contributed by atoms with Crippen molar-refractivity contribution in [3.63, 3.8) is 0 Å². The number of sulfonamides is 1. The number of hydrogen-bond acceptors (Lipinski definition) is 4. The standard InChI is InChI=1S/C17H27N3O3S/c1-3-12-24(22,23)19-16-6-4-15(5-7-16)17(21)20-10-8-14(9-11-20)13-18-2/h4-7,14,18-19H,3,8-13H2,1-2H3. The number of anilines is 1. The molecule has 1 fully saturated rings. The highest BCUT2D eigenvalue weighted by molar-refractivity contribution is 7.92. The third-order valence-corrected chi connectivity index (χ3v) is 5.77. The fourth-order valence-electron chi connectivity index (χ4n) is 2.99. The molecule has 1 amide bonds. The van der Waals surface area contributed by atoms with Gasteiger partial charge in [0.1, 0.15) is 0 Å². The van der Waals surface area contributed by atoms with Gasteiger partial charge in [-0.15, -0.1) is 0 Å². The van der Waals surface area contributed by atoms with Gasteiger partial charge in [0.2, 0.25) is 10.0 Å². The van der Waals surface area contributed by atoms with Crippen LogP contribution in [-0.2, 0) is 10.0 Å². The lowest BCUT2D eigenvalue weighted by molar-refractivity contribution is 0.0691. The molecular formula is C17H27N3O3S. The first-order chi connectivity index (χ1) is 11.4. The summed E-state index contributed by atoms with van der Waals surface area (Å²) in [5.41, 5.74) is 1.09. The zero-order valence-corrected chi connectivity index (χ0v) is 15.2. The molecule has 6 nitrogen and oxygen atoms in total. The average molecular weight is 353 g/mol. The van der Waals surface area contributed by atoms with Gasteiger partial charge in [-0.25, -0.2) is 8.42 Å². The Morgan fingerprint density at radius 2 is 1.83 bits per heavy atom. The molecule has 0 unspecified atom stereocenters. The van der Waals surface area contributed by atoms with Crippen molar-refractivity contribution in [1.82, 2.24) is 10.2 Å². The van der Waals surface area contributed by atoms with Gasteiger partial charge >= 0.3 is 0 Å². The van der Waals surface area contributed by atoms with Crippen LogP contribution < -0.4 is 10.0 Å². The van der Waals surface area contributed by atoms with Crippen LogP contribution in [0.4, 0.5) is 5.69 Å². The summed E-state index contributed by atoms with van der Waals surface area (Å²) in [7, 11) is -1.35. The van der Waals surface area contributed by atoms with Crippen molar-refractivity contribution < 1.29 is 13.2 Å². The molecule has 0 radical (unpaired) electrons. The van der Waals surface area contributed by atoms with Gasteiger partial charge in [0.25, 0.3) is 5.91 Å². The summed E-state index contributed by atoms with van der Waals surface area (Å²) in [6, 6.07) is 6.67. The Labute approximate surface area is 144 Å². The maximum absolute atomic E-state index is 12.5. The Bertz CT molecular complexity index is 636. The molecule has 0 bridgehead atoms. The number of benzene rings is 1. The summed E-state index contributed by atoms with van der Waals surface area (Å²) in [4.78, 5) is 14.4. The van der Waals surface area contributed by atoms with Crippen LogP contribution in [0.25, 0.3) is 0 Å². The number of carbonyl (C=O) groups is 1. The van der Waals surface area contributed by atoms with E-state index in [0.717, 1.165) is 32.5 Å². The molecule has 0 spiro atoms. The largest absolute Gasteiger partial charge is 0.339 e. The number of nitrogens with one attached hydrogen (secondary N) is 2. The van der Waals surface area contributed by atoms with E-state index in [-0.39, 0.29) is 11.7 Å². The Kier molecular flexibility index (Phi) is 6.62. The van der Waals surface area contributed by atoms with E-state index in [2.05, 4.69) is 10.0 Å². The van der Waals surface area contributed by atoms with Crippen molar-refractivity contribution in [2.45, 2.75) is 26.2 Å². The van der Waals surface area contributed by atoms with E-state index in [9.17, 15) is 13.2 Å². The summed E-state index contributed by atoms with van der Waals surface area (Å²) in [5.74, 6) is 0.741. The molecular weight excluding hydrogens is 326 g/mol. The van der Waals surface area contributed by atoms with Crippen molar-refractivity contribution in [2.24, 2.45) is 5.92 Å². The maximum Gasteiger partial charge on any atom is 0.253 e. The van der Waals surface area contributed by atoms with Crippen LogP contribution in [0.1, 0.15) is 36.5 Å². The second-order valence-electron chi connectivity index (χ2n) is 6.29. The first-order valence-corrected chi connectivity index (χ1v) is 10.1. The van der Waals surface area contributed by atoms with Gasteiger partial charge in [0, 0.05) is 24.3 Å². The number of nitrogens with zero attached hydrogens (tertiary/aromatic N) is 1. The fourth-order valence-corrected chi connectivity index (χ4v) is 4.13. The molecule has 1 aromatic rings. The van der Waals surface area contributed by atoms with Crippen LogP contribution >= 0.6 is 0 Å². The molecule has 0 aromatic heterocycles. The van der Waals surface area contributed by atoms with Gasteiger partial charge in [0.05, 0.1) is 5.75 Å². The number of piperidine rings is 1. The summed E-state index contributed by atoms with van der Waals surface area (Å²) in [6.45, 7) is 4.36. The third-order valence-electron chi connectivity index (χ3n) is 4.27. The molecule has 2 N–H and O–H groups in total. The first kappa shape index (κ1) is 18.7. The summed E-state index contributed by atoms with van der Waals surface area (Å²) in [5, 5.41) is 3.19. The number of amides is 1. The fraction of sp³-hybridized carbons (Fsp3) is 0.588. The van der Waals surface area contributed by atoms with Gasteiger partial charge in [-0.2, -0.15) is 0 Å². The second-order valence-corrected chi connectivity index (χ2v) is 8.13. The highest BCUT2D eigenvalue weighted by Gasteiger charge is 2.23. The lowest BCUT2D eigenvalue weighted by Crippen LogP contribution is -2.40. The molecule has 0 atom stereocenters. The van der Waals surface area contributed by atoms with Crippen LogP contribution in [0.3, 0.4) is 0 Å². The van der Waals surface area contributed by atoms with E-state index in [4.69, 9.17) is 0 Å². The topological polar surface area (TPSA) is 78.5 Å². The normalized spacial score (nSPS) is 16.2. The van der Waals surface area contributed by atoms with Crippen molar-refractivity contribution in [2.75, 3.05) is 37.2 Å². The summed E-state index contributed by atoms with van der Waals surface area (Å²) < 4.78 is 26.0. The van der Waals surface area contributed by atoms with Crippen molar-refractivity contribution in [3.8, 4) is 0 Å². The minimum Gasteiger partial charge on any atom is -0.339 e. The quantitative estimate of drug-likeness (QED) is 0.785. The number of carbonyl (C=O) groups excluding carboxylic acids is 1. The highest BCUT2D eigenvalue weighted by Crippen LogP contribution is 2.19. The third kappa shape index (κ3) is 5.21. The highest BCUT2D eigenvalue weighted by atomic mass is 32.2. The minimum absolute atomic E-state index is 0.0147. The lowest BCUT2D eigenvalue weighted by atomic mass is 9.96. The molecule has 1 aliphatic heterocycles. The van der Waals surface area contributed by atoms with Gasteiger partial charge in [-0.3, -0.25) is 9.52 Å². The van der Waals surface area contributed by atoms with E-state index >= 15 is 0 Å². The molecule has 1 saturated heterocycles. The van der Waals surface area contributed by atoms with E-state index in [1.165, 1.54) is 0 Å². The van der Waals surface area contributed by atoms with Crippen molar-refractivity contribution in [1.29, 1.82) is 0 Å². The molecule has 24 heavy (non-hydrogen) atoms. The van der Waals surface area contributed by atoms with Gasteiger partial charge < -0.3 is 10.2 Å². The van der Waals surface area contributed by atoms with E-state index in [1.54, 1.807) is 24.3 Å². The number of hydrogen-bond donors (Lipinski definition) is 2. The maximum atomic E-state index is 12.5. The van der Waals surface area contributed by atoms with Crippen LogP contribution in [0, 0.1) is 5.92 Å². The van der Waals surface area contributed by atoms with Crippen LogP contribution in [0.2, 0.25) is 0 Å². The second kappa shape index (κ2) is 8.48. The Morgan fingerprint density at radius 1 is 1.21 bits per heavy atom. The van der Waals surface area contributed by atoms with E-state index in [0.29, 0.717) is 23.6 Å². The average Bonchev–Trinajstić information content (AvgIpc) is 2.55. The minimum atomic E-state index is -3.30. The summed E-state index contributed by atoms with van der Waals surface area (Å²) in [6.07, 6.45) is 2.60. The summed E-state index contributed by atoms with van der Waals surface area (Å²) >= 11 is 0. The molecule has 1 aromatic carbocycles.